The van der Waals surface area contributed by atoms with Gasteiger partial charge in [-0.1, -0.05) is 6.07 Å². The molecule has 1 spiro atoms. The molecule has 4 rings (SSSR count). The van der Waals surface area contributed by atoms with Crippen LogP contribution in [0.15, 0.2) is 42.9 Å². The summed E-state index contributed by atoms with van der Waals surface area (Å²) in [6, 6.07) is 7.63. The van der Waals surface area contributed by atoms with Crippen molar-refractivity contribution in [3.05, 3.63) is 59.7 Å². The molecular formula is C20H23N3O3. The van der Waals surface area contributed by atoms with Crippen LogP contribution < -0.4 is 0 Å². The number of pyridine rings is 2. The number of hydrogen-bond acceptors (Lipinski definition) is 5. The number of likely N-dealkylation sites (tertiary alicyclic amines) is 1. The van der Waals surface area contributed by atoms with E-state index in [9.17, 15) is 4.79 Å². The molecule has 0 bridgehead atoms. The minimum Gasteiger partial charge on any atom is -0.373 e. The zero-order chi connectivity index (χ0) is 18.0. The summed E-state index contributed by atoms with van der Waals surface area (Å²) in [6.07, 6.45) is 7.10. The molecule has 2 saturated heterocycles. The highest BCUT2D eigenvalue weighted by Crippen LogP contribution is 2.36. The van der Waals surface area contributed by atoms with Gasteiger partial charge in [-0.15, -0.1) is 0 Å². The summed E-state index contributed by atoms with van der Waals surface area (Å²) >= 11 is 0. The van der Waals surface area contributed by atoms with Crippen LogP contribution in [0.1, 0.15) is 34.5 Å². The number of aryl methyl sites for hydroxylation is 1. The van der Waals surface area contributed by atoms with E-state index in [2.05, 4.69) is 9.97 Å². The van der Waals surface area contributed by atoms with Gasteiger partial charge in [0.05, 0.1) is 31.4 Å². The van der Waals surface area contributed by atoms with Gasteiger partial charge >= 0.3 is 0 Å². The first-order valence-corrected chi connectivity index (χ1v) is 9.00. The fourth-order valence-corrected chi connectivity index (χ4v) is 3.61. The van der Waals surface area contributed by atoms with Crippen LogP contribution in [-0.4, -0.2) is 52.2 Å². The SMILES string of the molecule is Cc1ccc(C(=O)N2CC3(CC(OCc4cccnc4)CCO3)C2)cn1. The van der Waals surface area contributed by atoms with Crippen molar-refractivity contribution in [2.24, 2.45) is 0 Å². The van der Waals surface area contributed by atoms with Crippen molar-refractivity contribution in [2.75, 3.05) is 19.7 Å². The molecule has 6 heteroatoms. The molecule has 2 aliphatic heterocycles. The van der Waals surface area contributed by atoms with Crippen LogP contribution in [0, 0.1) is 6.92 Å². The van der Waals surface area contributed by atoms with Crippen molar-refractivity contribution in [2.45, 2.75) is 38.1 Å². The van der Waals surface area contributed by atoms with Crippen molar-refractivity contribution in [3.63, 3.8) is 0 Å². The number of amides is 1. The Bertz CT molecular complexity index is 758. The van der Waals surface area contributed by atoms with E-state index in [0.29, 0.717) is 31.9 Å². The van der Waals surface area contributed by atoms with Crippen molar-refractivity contribution >= 4 is 5.91 Å². The molecule has 1 amide bonds. The third kappa shape index (κ3) is 3.61. The lowest BCUT2D eigenvalue weighted by Crippen LogP contribution is -2.67. The number of aromatic nitrogens is 2. The molecule has 0 aliphatic carbocycles. The van der Waals surface area contributed by atoms with Crippen molar-refractivity contribution in [1.29, 1.82) is 0 Å². The van der Waals surface area contributed by atoms with E-state index >= 15 is 0 Å². The molecule has 6 nitrogen and oxygen atoms in total. The summed E-state index contributed by atoms with van der Waals surface area (Å²) < 4.78 is 12.1. The van der Waals surface area contributed by atoms with Crippen LogP contribution in [0.5, 0.6) is 0 Å². The Balaban J connectivity index is 1.31. The molecule has 2 aromatic rings. The molecule has 136 valence electrons. The molecule has 2 aliphatic rings. The molecule has 0 N–H and O–H groups in total. The maximum absolute atomic E-state index is 12.5. The van der Waals surface area contributed by atoms with Gasteiger partial charge in [-0.2, -0.15) is 0 Å². The van der Waals surface area contributed by atoms with Crippen LogP contribution in [0.3, 0.4) is 0 Å². The molecular weight excluding hydrogens is 330 g/mol. The van der Waals surface area contributed by atoms with Gasteiger partial charge in [0.25, 0.3) is 5.91 Å². The van der Waals surface area contributed by atoms with Gasteiger partial charge in [0.1, 0.15) is 5.60 Å². The fourth-order valence-electron chi connectivity index (χ4n) is 3.61. The Morgan fingerprint density at radius 2 is 2.23 bits per heavy atom. The normalized spacial score (nSPS) is 21.4. The second-order valence-electron chi connectivity index (χ2n) is 7.17. The molecule has 2 aromatic heterocycles. The Morgan fingerprint density at radius 3 is 2.96 bits per heavy atom. The third-order valence-electron chi connectivity index (χ3n) is 5.06. The topological polar surface area (TPSA) is 64.6 Å². The Hall–Kier alpha value is -2.31. The zero-order valence-corrected chi connectivity index (χ0v) is 14.9. The lowest BCUT2D eigenvalue weighted by atomic mass is 9.84. The minimum atomic E-state index is -0.258. The molecule has 1 atom stereocenters. The number of ether oxygens (including phenoxy) is 2. The summed E-state index contributed by atoms with van der Waals surface area (Å²) in [5.74, 6) is 0.0186. The summed E-state index contributed by atoms with van der Waals surface area (Å²) in [5, 5.41) is 0. The zero-order valence-electron chi connectivity index (χ0n) is 14.9. The van der Waals surface area contributed by atoms with Crippen LogP contribution in [0.4, 0.5) is 0 Å². The van der Waals surface area contributed by atoms with E-state index in [4.69, 9.17) is 9.47 Å². The lowest BCUT2D eigenvalue weighted by Gasteiger charge is -2.53. The van der Waals surface area contributed by atoms with Gasteiger partial charge in [-0.25, -0.2) is 0 Å². The molecule has 26 heavy (non-hydrogen) atoms. The molecule has 1 unspecified atom stereocenters. The van der Waals surface area contributed by atoms with Gasteiger partial charge < -0.3 is 14.4 Å². The largest absolute Gasteiger partial charge is 0.373 e. The third-order valence-corrected chi connectivity index (χ3v) is 5.06. The van der Waals surface area contributed by atoms with E-state index in [0.717, 1.165) is 24.1 Å². The summed E-state index contributed by atoms with van der Waals surface area (Å²) in [7, 11) is 0. The smallest absolute Gasteiger partial charge is 0.255 e. The molecule has 4 heterocycles. The van der Waals surface area contributed by atoms with E-state index in [-0.39, 0.29) is 17.6 Å². The van der Waals surface area contributed by atoms with Gasteiger partial charge in [0.2, 0.25) is 0 Å². The fraction of sp³-hybridized carbons (Fsp3) is 0.450. The summed E-state index contributed by atoms with van der Waals surface area (Å²) in [6.45, 7) is 4.38. The average molecular weight is 353 g/mol. The second-order valence-corrected chi connectivity index (χ2v) is 7.17. The molecule has 2 fully saturated rings. The number of carbonyl (C=O) groups is 1. The summed E-state index contributed by atoms with van der Waals surface area (Å²) in [5.41, 5.74) is 2.35. The summed E-state index contributed by atoms with van der Waals surface area (Å²) in [4.78, 5) is 22.7. The van der Waals surface area contributed by atoms with Crippen LogP contribution in [0.2, 0.25) is 0 Å². The number of nitrogens with zero attached hydrogens (tertiary/aromatic N) is 3. The minimum absolute atomic E-state index is 0.0186. The standard InChI is InChI=1S/C20H23N3O3/c1-15-4-5-17(11-22-15)19(24)23-13-20(14-23)9-18(6-8-26-20)25-12-16-3-2-7-21-10-16/h2-5,7,10-11,18H,6,8-9,12-14H2,1H3. The predicted molar refractivity (Wildman–Crippen MR) is 95.6 cm³/mol. The first kappa shape index (κ1) is 17.1. The maximum Gasteiger partial charge on any atom is 0.255 e. The molecule has 0 saturated carbocycles. The average Bonchev–Trinajstić information content (AvgIpc) is 2.65. The van der Waals surface area contributed by atoms with Gasteiger partial charge in [0.15, 0.2) is 0 Å². The van der Waals surface area contributed by atoms with Gasteiger partial charge in [0, 0.05) is 37.3 Å². The van der Waals surface area contributed by atoms with E-state index in [1.165, 1.54) is 0 Å². The van der Waals surface area contributed by atoms with E-state index in [1.54, 1.807) is 12.4 Å². The molecule has 0 radical (unpaired) electrons. The first-order chi connectivity index (χ1) is 12.6. The van der Waals surface area contributed by atoms with Gasteiger partial charge in [-0.3, -0.25) is 14.8 Å². The monoisotopic (exact) mass is 353 g/mol. The number of carbonyl (C=O) groups excluding carboxylic acids is 1. The van der Waals surface area contributed by atoms with E-state index in [1.807, 2.05) is 42.3 Å². The predicted octanol–water partition coefficient (Wildman–Crippen LogP) is 2.38. The highest BCUT2D eigenvalue weighted by Gasteiger charge is 2.49. The lowest BCUT2D eigenvalue weighted by molar-refractivity contribution is -0.188. The first-order valence-electron chi connectivity index (χ1n) is 9.00. The second kappa shape index (κ2) is 7.13. The Labute approximate surface area is 153 Å². The number of rotatable bonds is 4. The van der Waals surface area contributed by atoms with E-state index < -0.39 is 0 Å². The Kier molecular flexibility index (Phi) is 4.70. The van der Waals surface area contributed by atoms with Crippen LogP contribution in [0.25, 0.3) is 0 Å². The quantitative estimate of drug-likeness (QED) is 0.844. The molecule has 0 aromatic carbocycles. The highest BCUT2D eigenvalue weighted by atomic mass is 16.5. The maximum atomic E-state index is 12.5. The van der Waals surface area contributed by atoms with Crippen molar-refractivity contribution in [1.82, 2.24) is 14.9 Å². The van der Waals surface area contributed by atoms with Crippen LogP contribution >= 0.6 is 0 Å². The van der Waals surface area contributed by atoms with Crippen LogP contribution in [-0.2, 0) is 16.1 Å². The van der Waals surface area contributed by atoms with Crippen molar-refractivity contribution in [3.8, 4) is 0 Å². The highest BCUT2D eigenvalue weighted by molar-refractivity contribution is 5.94. The van der Waals surface area contributed by atoms with Gasteiger partial charge in [-0.05, 0) is 37.1 Å². The Morgan fingerprint density at radius 1 is 1.35 bits per heavy atom. The van der Waals surface area contributed by atoms with Crippen molar-refractivity contribution < 1.29 is 14.3 Å². The number of hydrogen-bond donors (Lipinski definition) is 0.